The molecule has 77 heavy (non-hydrogen) atoms. The molecule has 9 atom stereocenters. The highest BCUT2D eigenvalue weighted by Crippen LogP contribution is 2.11. The summed E-state index contributed by atoms with van der Waals surface area (Å²) in [4.78, 5) is 158. The number of cyclic esters (lactones) is 1. The van der Waals surface area contributed by atoms with Crippen molar-refractivity contribution in [3.63, 3.8) is 0 Å². The number of benzene rings is 1. The number of carbonyl (C=O) groups is 12. The van der Waals surface area contributed by atoms with Gasteiger partial charge in [0.1, 0.15) is 61.5 Å². The van der Waals surface area contributed by atoms with Gasteiger partial charge in [-0.05, 0) is 30.7 Å². The van der Waals surface area contributed by atoms with Crippen LogP contribution in [0.2, 0.25) is 0 Å². The number of thiol groups is 1. The fraction of sp³-hybridized carbons (Fsp3) is 0.617. The van der Waals surface area contributed by atoms with Crippen LogP contribution in [-0.2, 0) is 78.2 Å². The predicted molar refractivity (Wildman–Crippen MR) is 274 cm³/mol. The fourth-order valence-electron chi connectivity index (χ4n) is 6.86. The van der Waals surface area contributed by atoms with E-state index >= 15 is 0 Å². The Kier molecular flexibility index (Phi) is 29.7. The number of aliphatic hydroxyl groups excluding tert-OH is 2. The number of amides is 11. The first-order chi connectivity index (χ1) is 36.4. The summed E-state index contributed by atoms with van der Waals surface area (Å²) in [5.74, 6) is -12.3. The van der Waals surface area contributed by atoms with Crippen molar-refractivity contribution >= 4 is 83.6 Å². The van der Waals surface area contributed by atoms with Gasteiger partial charge in [-0.2, -0.15) is 12.6 Å². The highest BCUT2D eigenvalue weighted by molar-refractivity contribution is 7.80. The highest BCUT2D eigenvalue weighted by Gasteiger charge is 2.36. The van der Waals surface area contributed by atoms with Crippen molar-refractivity contribution in [2.45, 2.75) is 108 Å². The molecule has 0 aromatic heterocycles. The van der Waals surface area contributed by atoms with Crippen LogP contribution in [0, 0.1) is 11.8 Å². The van der Waals surface area contributed by atoms with Gasteiger partial charge in [0.05, 0.1) is 52.0 Å². The summed E-state index contributed by atoms with van der Waals surface area (Å²) >= 11 is 3.95. The first kappa shape index (κ1) is 66.1. The number of ether oxygens (including phenoxy) is 3. The molecule has 0 aliphatic carbocycles. The Hall–Kier alpha value is -6.99. The zero-order chi connectivity index (χ0) is 57.8. The second-order valence-electron chi connectivity index (χ2n) is 18.4. The number of primary amides is 1. The zero-order valence-corrected chi connectivity index (χ0v) is 44.4. The van der Waals surface area contributed by atoms with Gasteiger partial charge in [-0.3, -0.25) is 52.7 Å². The lowest BCUT2D eigenvalue weighted by Crippen LogP contribution is -2.62. The summed E-state index contributed by atoms with van der Waals surface area (Å²) < 4.78 is 16.0. The van der Waals surface area contributed by atoms with Gasteiger partial charge in [0.15, 0.2) is 0 Å². The lowest BCUT2D eigenvalue weighted by Gasteiger charge is -2.28. The molecule has 0 spiro atoms. The van der Waals surface area contributed by atoms with Crippen molar-refractivity contribution in [2.75, 3.05) is 65.1 Å². The summed E-state index contributed by atoms with van der Waals surface area (Å²) in [5, 5.41) is 43.8. The van der Waals surface area contributed by atoms with Crippen LogP contribution in [0.5, 0.6) is 0 Å². The van der Waals surface area contributed by atoms with Crippen LogP contribution < -0.4 is 64.6 Å². The van der Waals surface area contributed by atoms with Gasteiger partial charge in [0, 0.05) is 18.7 Å². The lowest BCUT2D eigenvalue weighted by molar-refractivity contribution is -0.151. The summed E-state index contributed by atoms with van der Waals surface area (Å²) in [6, 6.07) is -5.25. The maximum absolute atomic E-state index is 13.8. The van der Waals surface area contributed by atoms with Gasteiger partial charge >= 0.3 is 5.97 Å². The smallest absolute Gasteiger partial charge is 0.329 e. The molecule has 1 aromatic carbocycles. The number of carbonyl (C=O) groups excluding carboxylic acids is 12. The maximum Gasteiger partial charge on any atom is 0.329 e. The van der Waals surface area contributed by atoms with E-state index in [0.717, 1.165) is 6.92 Å². The molecule has 1 heterocycles. The summed E-state index contributed by atoms with van der Waals surface area (Å²) in [6.07, 6.45) is -0.916. The van der Waals surface area contributed by atoms with E-state index in [-0.39, 0.29) is 56.8 Å². The molecule has 1 saturated heterocycles. The minimum Gasteiger partial charge on any atom is -0.461 e. The molecule has 0 bridgehead atoms. The van der Waals surface area contributed by atoms with E-state index in [9.17, 15) is 67.7 Å². The van der Waals surface area contributed by atoms with E-state index in [2.05, 4.69) is 65.8 Å². The van der Waals surface area contributed by atoms with Crippen LogP contribution in [0.3, 0.4) is 0 Å². The number of nitrogens with one attached hydrogen (secondary N) is 10. The molecule has 0 saturated carbocycles. The van der Waals surface area contributed by atoms with Crippen LogP contribution in [0.25, 0.3) is 0 Å². The second kappa shape index (κ2) is 34.6. The quantitative estimate of drug-likeness (QED) is 0.0211. The molecular weight excluding hydrogens is 1040 g/mol. The van der Waals surface area contributed by atoms with Gasteiger partial charge in [-0.15, -0.1) is 0 Å². The number of hydrogen-bond acceptors (Lipinski definition) is 19. The molecule has 0 radical (unpaired) electrons. The first-order valence-electron chi connectivity index (χ1n) is 24.6. The molecule has 2 rings (SSSR count). The topological polar surface area (TPSA) is 445 Å². The number of aliphatic hydroxyl groups is 2. The van der Waals surface area contributed by atoms with Crippen molar-refractivity contribution in [1.82, 2.24) is 53.2 Å². The molecule has 1 fully saturated rings. The van der Waals surface area contributed by atoms with Crippen molar-refractivity contribution in [3.05, 3.63) is 35.9 Å². The third kappa shape index (κ3) is 24.7. The highest BCUT2D eigenvalue weighted by atomic mass is 32.1. The van der Waals surface area contributed by atoms with Crippen LogP contribution >= 0.6 is 12.6 Å². The minimum absolute atomic E-state index is 0.000701. The van der Waals surface area contributed by atoms with E-state index in [4.69, 9.17) is 25.7 Å². The summed E-state index contributed by atoms with van der Waals surface area (Å²) in [6.45, 7) is 4.08. The number of esters is 1. The molecule has 1 aromatic rings. The van der Waals surface area contributed by atoms with E-state index in [1.54, 1.807) is 58.0 Å². The van der Waals surface area contributed by atoms with E-state index in [0.29, 0.717) is 5.56 Å². The third-order valence-corrected chi connectivity index (χ3v) is 11.5. The molecule has 0 unspecified atom stereocenters. The van der Waals surface area contributed by atoms with Gasteiger partial charge in [-0.25, -0.2) is 4.79 Å². The summed E-state index contributed by atoms with van der Waals surface area (Å²) in [5.41, 5.74) is 11.5. The lowest BCUT2D eigenvalue weighted by atomic mass is 10.0. The SMILES string of the molecule is CC(C)C[C@@H]1NC(=O)[C@H](CO)NC(=O)[C@H](CO)NC(=O)[C@@H](NC(=O)[C@H](C)NC(=O)[C@H](CC(N)=O)NC(=O)[C@@H](NC(=O)CNC(=O)COCCOCCNC(=O)[C@@H](N)CS)C(C)C)COC(=O)[C@H](Cc2ccccc2)NC1=O. The molecular formula is C47H74N12O17S. The van der Waals surface area contributed by atoms with Crippen molar-refractivity contribution in [1.29, 1.82) is 0 Å². The van der Waals surface area contributed by atoms with Crippen LogP contribution in [0.15, 0.2) is 30.3 Å². The number of hydrogen-bond donors (Lipinski definition) is 15. The van der Waals surface area contributed by atoms with Crippen molar-refractivity contribution in [2.24, 2.45) is 23.3 Å². The molecule has 1 aliphatic heterocycles. The monoisotopic (exact) mass is 1110 g/mol. The predicted octanol–water partition coefficient (Wildman–Crippen LogP) is -7.23. The normalized spacial score (nSPS) is 20.1. The first-order valence-corrected chi connectivity index (χ1v) is 25.2. The Morgan fingerprint density at radius 2 is 1.30 bits per heavy atom. The number of nitrogens with two attached hydrogens (primary N) is 2. The van der Waals surface area contributed by atoms with Gasteiger partial charge in [-0.1, -0.05) is 58.0 Å². The Morgan fingerprint density at radius 1 is 0.714 bits per heavy atom. The Bertz CT molecular complexity index is 2190. The van der Waals surface area contributed by atoms with Crippen molar-refractivity contribution in [3.8, 4) is 0 Å². The second-order valence-corrected chi connectivity index (χ2v) is 18.8. The van der Waals surface area contributed by atoms with Crippen molar-refractivity contribution < 1.29 is 82.0 Å². The Labute approximate surface area is 450 Å². The van der Waals surface area contributed by atoms with E-state index < -0.39 is 165 Å². The maximum atomic E-state index is 13.8. The van der Waals surface area contributed by atoms with Gasteiger partial charge in [0.2, 0.25) is 65.0 Å². The van der Waals surface area contributed by atoms with E-state index in [1.807, 2.05) is 0 Å². The molecule has 30 heteroatoms. The molecule has 11 amide bonds. The fourth-order valence-corrected chi connectivity index (χ4v) is 7.02. The zero-order valence-electron chi connectivity index (χ0n) is 43.6. The largest absolute Gasteiger partial charge is 0.461 e. The minimum atomic E-state index is -1.89. The Morgan fingerprint density at radius 3 is 1.88 bits per heavy atom. The standard InChI is InChI=1S/C47H74N12O17S/c1-24(2)15-29-42(68)55-31(16-27-9-7-6-8-10-27)47(73)76-21-34(45(71)57-33(20-61)44(70)56-32(19-60)43(69)53-29)58-39(65)26(5)52-41(67)30(17-35(49)62)54-46(72)38(25(3)4)59-36(63)18-51-37(64)22-75-14-13-74-12-11-50-40(66)28(48)23-77/h6-10,24-26,28-34,38,60-61,77H,11-23,48H2,1-5H3,(H2,49,62)(H,50,66)(H,51,64)(H,52,67)(H,53,69)(H,54,72)(H,55,68)(H,56,70)(H,57,71)(H,58,65)(H,59,63)/t26-,28-,29-,30-,31-,32-,33-,34-,38-/m0/s1. The number of rotatable bonds is 28. The molecule has 29 nitrogen and oxygen atoms in total. The Balaban J connectivity index is 2.21. The molecule has 1 aliphatic rings. The van der Waals surface area contributed by atoms with Crippen LogP contribution in [0.1, 0.15) is 53.0 Å². The van der Waals surface area contributed by atoms with Crippen LogP contribution in [0.4, 0.5) is 0 Å². The van der Waals surface area contributed by atoms with Crippen LogP contribution in [-0.4, -0.2) is 201 Å². The van der Waals surface area contributed by atoms with E-state index in [1.165, 1.54) is 0 Å². The molecule has 16 N–H and O–H groups in total. The third-order valence-electron chi connectivity index (χ3n) is 11.1. The average Bonchev–Trinajstić information content (AvgIpc) is 3.38. The van der Waals surface area contributed by atoms with Gasteiger partial charge < -0.3 is 89.1 Å². The van der Waals surface area contributed by atoms with Gasteiger partial charge in [0.25, 0.3) is 0 Å². The summed E-state index contributed by atoms with van der Waals surface area (Å²) in [7, 11) is 0. The molecule has 430 valence electrons. The average molecular weight is 1110 g/mol.